The molecule has 0 bridgehead atoms. The maximum atomic E-state index is 10.6. The Morgan fingerprint density at radius 1 is 0.704 bits per heavy atom. The molecule has 0 radical (unpaired) electrons. The highest BCUT2D eigenvalue weighted by Crippen LogP contribution is 2.09. The van der Waals surface area contributed by atoms with Crippen LogP contribution in [0.25, 0.3) is 0 Å². The van der Waals surface area contributed by atoms with Crippen molar-refractivity contribution in [3.63, 3.8) is 0 Å². The molecule has 3 rings (SSSR count). The second-order valence-electron chi connectivity index (χ2n) is 6.86. The summed E-state index contributed by atoms with van der Waals surface area (Å²) >= 11 is 0. The molecule has 0 amide bonds. The maximum absolute atomic E-state index is 10.6. The summed E-state index contributed by atoms with van der Waals surface area (Å²) in [5.41, 5.74) is 7.21. The van der Waals surface area contributed by atoms with Gasteiger partial charge in [0.05, 0.1) is 6.10 Å². The Labute approximate surface area is 162 Å². The van der Waals surface area contributed by atoms with Gasteiger partial charge in [-0.2, -0.15) is 0 Å². The van der Waals surface area contributed by atoms with Crippen molar-refractivity contribution in [3.8, 4) is 0 Å². The van der Waals surface area contributed by atoms with E-state index in [0.29, 0.717) is 6.54 Å². The molecule has 0 heterocycles. The quantitative estimate of drug-likeness (QED) is 0.532. The predicted octanol–water partition coefficient (Wildman–Crippen LogP) is 4.19. The lowest BCUT2D eigenvalue weighted by atomic mass is 10.1. The molecule has 27 heavy (non-hydrogen) atoms. The molecule has 2 N–H and O–H groups in total. The highest BCUT2D eigenvalue weighted by atomic mass is 16.3. The number of hydrogen-bond acceptors (Lipinski definition) is 3. The molecule has 3 aromatic rings. The minimum absolute atomic E-state index is 0.378. The van der Waals surface area contributed by atoms with Crippen LogP contribution in [0.1, 0.15) is 23.1 Å². The fourth-order valence-electron chi connectivity index (χ4n) is 3.11. The summed E-state index contributed by atoms with van der Waals surface area (Å²) in [4.78, 5) is 0. The molecule has 0 saturated carbocycles. The minimum Gasteiger partial charge on any atom is -0.392 e. The van der Waals surface area contributed by atoms with Gasteiger partial charge in [-0.05, 0) is 29.5 Å². The van der Waals surface area contributed by atoms with Gasteiger partial charge in [0.25, 0.3) is 0 Å². The molecule has 0 fully saturated rings. The van der Waals surface area contributed by atoms with Crippen LogP contribution in [0.3, 0.4) is 0 Å². The van der Waals surface area contributed by atoms with Crippen LogP contribution in [-0.4, -0.2) is 22.8 Å². The summed E-state index contributed by atoms with van der Waals surface area (Å²) in [6, 6.07) is 31.1. The van der Waals surface area contributed by atoms with E-state index in [1.165, 1.54) is 16.7 Å². The normalized spacial score (nSPS) is 12.2. The first kappa shape index (κ1) is 19.3. The lowest BCUT2D eigenvalue weighted by molar-refractivity contribution is 0.0691. The van der Waals surface area contributed by atoms with Crippen LogP contribution in [0, 0.1) is 0 Å². The summed E-state index contributed by atoms with van der Waals surface area (Å²) in [5.74, 6) is 0. The number of nitrogens with one attached hydrogen (secondary N) is 1. The van der Waals surface area contributed by atoms with Crippen LogP contribution in [0.5, 0.6) is 0 Å². The third-order valence-electron chi connectivity index (χ3n) is 4.61. The van der Waals surface area contributed by atoms with E-state index in [1.807, 2.05) is 42.5 Å². The number of benzene rings is 3. The van der Waals surface area contributed by atoms with Crippen molar-refractivity contribution < 1.29 is 5.11 Å². The van der Waals surface area contributed by atoms with Crippen molar-refractivity contribution in [3.05, 3.63) is 108 Å². The van der Waals surface area contributed by atoms with Crippen LogP contribution < -0.4 is 5.43 Å². The zero-order chi connectivity index (χ0) is 18.7. The summed E-state index contributed by atoms with van der Waals surface area (Å²) < 4.78 is 0. The Bertz CT molecular complexity index is 762. The molecule has 0 aliphatic rings. The van der Waals surface area contributed by atoms with Gasteiger partial charge in [-0.25, -0.2) is 5.01 Å². The van der Waals surface area contributed by atoms with Crippen molar-refractivity contribution in [1.82, 2.24) is 10.4 Å². The molecule has 140 valence electrons. The third kappa shape index (κ3) is 6.99. The van der Waals surface area contributed by atoms with E-state index in [9.17, 15) is 5.11 Å². The maximum Gasteiger partial charge on any atom is 0.0684 e. The van der Waals surface area contributed by atoms with Crippen LogP contribution in [0.2, 0.25) is 0 Å². The lowest BCUT2D eigenvalue weighted by Gasteiger charge is -2.26. The van der Waals surface area contributed by atoms with Crippen LogP contribution in [-0.2, 0) is 19.5 Å². The van der Waals surface area contributed by atoms with Gasteiger partial charge in [-0.3, -0.25) is 5.43 Å². The van der Waals surface area contributed by atoms with Gasteiger partial charge in [-0.1, -0.05) is 91.0 Å². The SMILES string of the molecule is O[C@H](CCc1ccccc1)CN(Cc1ccccc1)NCc1ccccc1. The summed E-state index contributed by atoms with van der Waals surface area (Å²) in [5, 5.41) is 12.7. The van der Waals surface area contributed by atoms with Crippen LogP contribution >= 0.6 is 0 Å². The van der Waals surface area contributed by atoms with Gasteiger partial charge in [0.2, 0.25) is 0 Å². The number of rotatable bonds is 10. The number of hydrazine groups is 1. The number of hydrogen-bond donors (Lipinski definition) is 2. The van der Waals surface area contributed by atoms with E-state index >= 15 is 0 Å². The molecule has 3 nitrogen and oxygen atoms in total. The predicted molar refractivity (Wildman–Crippen MR) is 111 cm³/mol. The second-order valence-corrected chi connectivity index (χ2v) is 6.86. The fourth-order valence-corrected chi connectivity index (χ4v) is 3.11. The summed E-state index contributed by atoms with van der Waals surface area (Å²) in [6.45, 7) is 2.10. The third-order valence-corrected chi connectivity index (χ3v) is 4.61. The Hall–Kier alpha value is -2.46. The first-order valence-electron chi connectivity index (χ1n) is 9.58. The molecule has 3 aromatic carbocycles. The van der Waals surface area contributed by atoms with E-state index in [0.717, 1.165) is 25.9 Å². The van der Waals surface area contributed by atoms with E-state index in [2.05, 4.69) is 59.0 Å². The molecule has 1 atom stereocenters. The molecular formula is C24H28N2O. The topological polar surface area (TPSA) is 35.5 Å². The molecule has 0 aliphatic carbocycles. The standard InChI is InChI=1S/C24H28N2O/c27-24(17-16-21-10-4-1-5-11-21)20-26(19-23-14-8-3-9-15-23)25-18-22-12-6-2-7-13-22/h1-15,24-25,27H,16-20H2/t24-/m1/s1. The van der Waals surface area contributed by atoms with E-state index in [1.54, 1.807) is 0 Å². The van der Waals surface area contributed by atoms with Crippen molar-refractivity contribution in [2.75, 3.05) is 6.54 Å². The Morgan fingerprint density at radius 3 is 1.81 bits per heavy atom. The molecule has 0 saturated heterocycles. The second kappa shape index (κ2) is 10.6. The summed E-state index contributed by atoms with van der Waals surface area (Å²) in [7, 11) is 0. The first-order chi connectivity index (χ1) is 13.3. The number of aryl methyl sites for hydroxylation is 1. The Balaban J connectivity index is 1.56. The highest BCUT2D eigenvalue weighted by Gasteiger charge is 2.12. The minimum atomic E-state index is -0.378. The highest BCUT2D eigenvalue weighted by molar-refractivity contribution is 5.16. The van der Waals surface area contributed by atoms with Gasteiger partial charge < -0.3 is 5.11 Å². The molecule has 0 aliphatic heterocycles. The fraction of sp³-hybridized carbons (Fsp3) is 0.250. The molecule has 0 spiro atoms. The number of aliphatic hydroxyl groups is 1. The van der Waals surface area contributed by atoms with Crippen molar-refractivity contribution in [2.24, 2.45) is 0 Å². The van der Waals surface area contributed by atoms with Gasteiger partial charge in [-0.15, -0.1) is 0 Å². The van der Waals surface area contributed by atoms with Gasteiger partial charge in [0, 0.05) is 19.6 Å². The smallest absolute Gasteiger partial charge is 0.0684 e. The Kier molecular flexibility index (Phi) is 7.60. The average molecular weight is 361 g/mol. The van der Waals surface area contributed by atoms with E-state index in [4.69, 9.17) is 0 Å². The lowest BCUT2D eigenvalue weighted by Crippen LogP contribution is -2.42. The van der Waals surface area contributed by atoms with Crippen LogP contribution in [0.15, 0.2) is 91.0 Å². The molecule has 0 aromatic heterocycles. The molecular weight excluding hydrogens is 332 g/mol. The zero-order valence-electron chi connectivity index (χ0n) is 15.7. The monoisotopic (exact) mass is 360 g/mol. The van der Waals surface area contributed by atoms with E-state index < -0.39 is 0 Å². The molecule has 0 unspecified atom stereocenters. The molecule has 3 heteroatoms. The van der Waals surface area contributed by atoms with Crippen molar-refractivity contribution in [1.29, 1.82) is 0 Å². The number of nitrogens with zero attached hydrogens (tertiary/aromatic N) is 1. The van der Waals surface area contributed by atoms with Crippen molar-refractivity contribution >= 4 is 0 Å². The van der Waals surface area contributed by atoms with Crippen LogP contribution in [0.4, 0.5) is 0 Å². The zero-order valence-corrected chi connectivity index (χ0v) is 15.7. The van der Waals surface area contributed by atoms with Gasteiger partial charge in [0.1, 0.15) is 0 Å². The first-order valence-corrected chi connectivity index (χ1v) is 9.58. The number of aliphatic hydroxyl groups excluding tert-OH is 1. The van der Waals surface area contributed by atoms with E-state index in [-0.39, 0.29) is 6.10 Å². The van der Waals surface area contributed by atoms with Crippen molar-refractivity contribution in [2.45, 2.75) is 32.0 Å². The van der Waals surface area contributed by atoms with Gasteiger partial charge >= 0.3 is 0 Å². The largest absolute Gasteiger partial charge is 0.392 e. The summed E-state index contributed by atoms with van der Waals surface area (Å²) in [6.07, 6.45) is 1.26. The average Bonchev–Trinajstić information content (AvgIpc) is 2.73. The Morgan fingerprint density at radius 2 is 1.22 bits per heavy atom. The van der Waals surface area contributed by atoms with Gasteiger partial charge in [0.15, 0.2) is 0 Å².